The summed E-state index contributed by atoms with van der Waals surface area (Å²) in [7, 11) is -3.60. The Morgan fingerprint density at radius 3 is 2.31 bits per heavy atom. The van der Waals surface area contributed by atoms with Crippen LogP contribution >= 0.6 is 0 Å². The zero-order valence-corrected chi connectivity index (χ0v) is 18.3. The van der Waals surface area contributed by atoms with Gasteiger partial charge >= 0.3 is 0 Å². The van der Waals surface area contributed by atoms with Gasteiger partial charge in [-0.1, -0.05) is 45.9 Å². The van der Waals surface area contributed by atoms with Gasteiger partial charge in [-0.3, -0.25) is 4.79 Å². The fourth-order valence-corrected chi connectivity index (χ4v) is 4.27. The van der Waals surface area contributed by atoms with Gasteiger partial charge in [0.05, 0.1) is 11.5 Å². The molecule has 0 fully saturated rings. The van der Waals surface area contributed by atoms with Crippen molar-refractivity contribution in [1.82, 2.24) is 9.62 Å². The highest BCUT2D eigenvalue weighted by Crippen LogP contribution is 2.17. The second kappa shape index (κ2) is 10.4. The van der Waals surface area contributed by atoms with Crippen LogP contribution in [0.4, 0.5) is 0 Å². The first-order chi connectivity index (χ1) is 13.8. The first kappa shape index (κ1) is 22.9. The number of sulfonamides is 1. The van der Waals surface area contributed by atoms with Crippen molar-refractivity contribution in [3.8, 4) is 5.75 Å². The van der Waals surface area contributed by atoms with Crippen LogP contribution in [0.3, 0.4) is 0 Å². The molecule has 0 bridgehead atoms. The van der Waals surface area contributed by atoms with Crippen molar-refractivity contribution in [3.63, 3.8) is 0 Å². The predicted octanol–water partition coefficient (Wildman–Crippen LogP) is 3.68. The van der Waals surface area contributed by atoms with Gasteiger partial charge in [0, 0.05) is 25.2 Å². The quantitative estimate of drug-likeness (QED) is 0.639. The summed E-state index contributed by atoms with van der Waals surface area (Å²) in [5.74, 6) is 0.931. The lowest BCUT2D eigenvalue weighted by Gasteiger charge is -2.18. The summed E-state index contributed by atoms with van der Waals surface area (Å²) in [6.07, 6.45) is 0. The number of hydrogen-bond acceptors (Lipinski definition) is 4. The molecule has 2 aromatic rings. The average molecular weight is 419 g/mol. The number of nitrogens with one attached hydrogen (secondary N) is 1. The maximum absolute atomic E-state index is 12.7. The lowest BCUT2D eigenvalue weighted by Crippen LogP contribution is -2.31. The fourth-order valence-electron chi connectivity index (χ4n) is 2.76. The second-order valence-corrected chi connectivity index (χ2v) is 9.09. The molecule has 0 saturated carbocycles. The molecule has 7 heteroatoms. The summed E-state index contributed by atoms with van der Waals surface area (Å²) in [6.45, 7) is 9.52. The van der Waals surface area contributed by atoms with E-state index in [1.165, 1.54) is 16.4 Å². The molecule has 1 N–H and O–H groups in total. The number of rotatable bonds is 10. The van der Waals surface area contributed by atoms with E-state index < -0.39 is 10.0 Å². The Balaban J connectivity index is 2.03. The van der Waals surface area contributed by atoms with Crippen molar-refractivity contribution in [1.29, 1.82) is 0 Å². The first-order valence-electron chi connectivity index (χ1n) is 9.88. The van der Waals surface area contributed by atoms with Crippen molar-refractivity contribution in [2.75, 3.05) is 19.7 Å². The Kier molecular flexibility index (Phi) is 8.22. The zero-order chi connectivity index (χ0) is 21.4. The van der Waals surface area contributed by atoms with Crippen molar-refractivity contribution in [3.05, 3.63) is 59.7 Å². The molecule has 0 atom stereocenters. The molecule has 0 aliphatic rings. The number of carbonyl (C=O) groups is 1. The smallest absolute Gasteiger partial charge is 0.251 e. The van der Waals surface area contributed by atoms with Gasteiger partial charge in [-0.2, -0.15) is 4.31 Å². The number of nitrogens with zero attached hydrogens (tertiary/aromatic N) is 1. The molecule has 158 valence electrons. The molecule has 0 heterocycles. The third-order valence-electron chi connectivity index (χ3n) is 4.40. The summed E-state index contributed by atoms with van der Waals surface area (Å²) in [6, 6.07) is 13.7. The van der Waals surface area contributed by atoms with Crippen molar-refractivity contribution >= 4 is 15.9 Å². The predicted molar refractivity (Wildman–Crippen MR) is 114 cm³/mol. The van der Waals surface area contributed by atoms with E-state index in [4.69, 9.17) is 4.74 Å². The number of amides is 1. The monoisotopic (exact) mass is 418 g/mol. The Morgan fingerprint density at radius 2 is 1.72 bits per heavy atom. The third kappa shape index (κ3) is 6.30. The van der Waals surface area contributed by atoms with Crippen LogP contribution in [0.1, 0.15) is 43.6 Å². The average Bonchev–Trinajstić information content (AvgIpc) is 2.72. The largest absolute Gasteiger partial charge is 0.493 e. The minimum Gasteiger partial charge on any atom is -0.493 e. The Hall–Kier alpha value is -2.38. The van der Waals surface area contributed by atoms with Gasteiger partial charge in [0.1, 0.15) is 5.75 Å². The molecular weight excluding hydrogens is 388 g/mol. The SMILES string of the molecule is CCN(CC)S(=O)(=O)c1cccc(C(=O)NCc2ccc(OCC(C)C)cc2)c1. The molecule has 0 aliphatic heterocycles. The van der Waals surface area contributed by atoms with Crippen LogP contribution < -0.4 is 10.1 Å². The van der Waals surface area contributed by atoms with E-state index in [0.717, 1.165) is 11.3 Å². The summed E-state index contributed by atoms with van der Waals surface area (Å²) in [5, 5.41) is 2.83. The van der Waals surface area contributed by atoms with Gasteiger partial charge in [-0.05, 0) is 41.8 Å². The molecule has 1 amide bonds. The topological polar surface area (TPSA) is 75.7 Å². The molecule has 6 nitrogen and oxygen atoms in total. The van der Waals surface area contributed by atoms with Crippen LogP contribution in [-0.4, -0.2) is 38.3 Å². The van der Waals surface area contributed by atoms with Crippen LogP contribution in [0.25, 0.3) is 0 Å². The van der Waals surface area contributed by atoms with Crippen molar-refractivity contribution in [2.24, 2.45) is 5.92 Å². The van der Waals surface area contributed by atoms with E-state index >= 15 is 0 Å². The Morgan fingerprint density at radius 1 is 1.07 bits per heavy atom. The highest BCUT2D eigenvalue weighted by atomic mass is 32.2. The lowest BCUT2D eigenvalue weighted by atomic mass is 10.2. The summed E-state index contributed by atoms with van der Waals surface area (Å²) >= 11 is 0. The van der Waals surface area contributed by atoms with Crippen LogP contribution in [-0.2, 0) is 16.6 Å². The number of hydrogen-bond donors (Lipinski definition) is 1. The van der Waals surface area contributed by atoms with E-state index in [-0.39, 0.29) is 10.8 Å². The fraction of sp³-hybridized carbons (Fsp3) is 0.409. The van der Waals surface area contributed by atoms with Crippen LogP contribution in [0.2, 0.25) is 0 Å². The molecule has 0 radical (unpaired) electrons. The van der Waals surface area contributed by atoms with E-state index in [1.807, 2.05) is 24.3 Å². The second-order valence-electron chi connectivity index (χ2n) is 7.15. The van der Waals surface area contributed by atoms with Gasteiger partial charge in [0.25, 0.3) is 5.91 Å². The molecular formula is C22H30N2O4S. The van der Waals surface area contributed by atoms with E-state index in [9.17, 15) is 13.2 Å². The highest BCUT2D eigenvalue weighted by Gasteiger charge is 2.22. The summed E-state index contributed by atoms with van der Waals surface area (Å²) in [5.41, 5.74) is 1.25. The van der Waals surface area contributed by atoms with Gasteiger partial charge < -0.3 is 10.1 Å². The maximum Gasteiger partial charge on any atom is 0.251 e. The highest BCUT2D eigenvalue weighted by molar-refractivity contribution is 7.89. The minimum atomic E-state index is -3.60. The number of carbonyl (C=O) groups excluding carboxylic acids is 1. The maximum atomic E-state index is 12.7. The summed E-state index contributed by atoms with van der Waals surface area (Å²) in [4.78, 5) is 12.6. The minimum absolute atomic E-state index is 0.125. The van der Waals surface area contributed by atoms with Crippen LogP contribution in [0.5, 0.6) is 5.75 Å². The molecule has 0 unspecified atom stereocenters. The van der Waals surface area contributed by atoms with E-state index in [2.05, 4.69) is 19.2 Å². The van der Waals surface area contributed by atoms with Crippen LogP contribution in [0, 0.1) is 5.92 Å². The lowest BCUT2D eigenvalue weighted by molar-refractivity contribution is 0.0950. The Bertz CT molecular complexity index is 905. The van der Waals surface area contributed by atoms with Gasteiger partial charge in [-0.25, -0.2) is 8.42 Å². The first-order valence-corrected chi connectivity index (χ1v) is 11.3. The molecule has 0 spiro atoms. The normalized spacial score (nSPS) is 11.7. The molecule has 2 rings (SSSR count). The van der Waals surface area contributed by atoms with Crippen molar-refractivity contribution in [2.45, 2.75) is 39.1 Å². The Labute approximate surface area is 173 Å². The number of ether oxygens (including phenoxy) is 1. The molecule has 0 aliphatic carbocycles. The van der Waals surface area contributed by atoms with Gasteiger partial charge in [-0.15, -0.1) is 0 Å². The molecule has 29 heavy (non-hydrogen) atoms. The van der Waals surface area contributed by atoms with Crippen molar-refractivity contribution < 1.29 is 17.9 Å². The van der Waals surface area contributed by atoms with Crippen LogP contribution in [0.15, 0.2) is 53.4 Å². The number of benzene rings is 2. The zero-order valence-electron chi connectivity index (χ0n) is 17.5. The summed E-state index contributed by atoms with van der Waals surface area (Å²) < 4.78 is 32.3. The molecule has 2 aromatic carbocycles. The third-order valence-corrected chi connectivity index (χ3v) is 6.45. The van der Waals surface area contributed by atoms with E-state index in [0.29, 0.717) is 37.7 Å². The van der Waals surface area contributed by atoms with Gasteiger partial charge in [0.2, 0.25) is 10.0 Å². The molecule has 0 aromatic heterocycles. The standard InChI is InChI=1S/C22H30N2O4S/c1-5-24(6-2)29(26,27)21-9-7-8-19(14-21)22(25)23-15-18-10-12-20(13-11-18)28-16-17(3)4/h7-14,17H,5-6,15-16H2,1-4H3,(H,23,25). The van der Waals surface area contributed by atoms with E-state index in [1.54, 1.807) is 26.0 Å². The van der Waals surface area contributed by atoms with Gasteiger partial charge in [0.15, 0.2) is 0 Å². The molecule has 0 saturated heterocycles.